The summed E-state index contributed by atoms with van der Waals surface area (Å²) in [6, 6.07) is 11.1. The first-order valence-electron chi connectivity index (χ1n) is 11.5. The fourth-order valence-corrected chi connectivity index (χ4v) is 4.81. The molecule has 1 aromatic carbocycles. The number of aromatic nitrogens is 2. The van der Waals surface area contributed by atoms with Gasteiger partial charge in [0.25, 0.3) is 5.91 Å². The van der Waals surface area contributed by atoms with E-state index in [0.29, 0.717) is 24.6 Å². The van der Waals surface area contributed by atoms with Crippen molar-refractivity contribution in [2.75, 3.05) is 18.0 Å². The number of carbonyl (C=O) groups excluding carboxylic acids is 1. The maximum atomic E-state index is 12.1. The summed E-state index contributed by atoms with van der Waals surface area (Å²) < 4.78 is 0. The van der Waals surface area contributed by atoms with Gasteiger partial charge in [0.05, 0.1) is 34.2 Å². The van der Waals surface area contributed by atoms with Crippen LogP contribution in [0.5, 0.6) is 0 Å². The minimum atomic E-state index is -0.574. The molecule has 0 spiro atoms. The van der Waals surface area contributed by atoms with Crippen molar-refractivity contribution in [3.8, 4) is 12.1 Å². The van der Waals surface area contributed by atoms with E-state index >= 15 is 0 Å². The van der Waals surface area contributed by atoms with Crippen LogP contribution in [0.25, 0.3) is 0 Å². The number of nitrogens with zero attached hydrogens (tertiary/aromatic N) is 5. The quantitative estimate of drug-likeness (QED) is 0.698. The van der Waals surface area contributed by atoms with Crippen LogP contribution in [0.1, 0.15) is 71.3 Å². The Balaban J connectivity index is 1.54. The van der Waals surface area contributed by atoms with Gasteiger partial charge in [-0.25, -0.2) is 9.97 Å². The van der Waals surface area contributed by atoms with Crippen molar-refractivity contribution in [3.63, 3.8) is 0 Å². The minimum absolute atomic E-state index is 0.0716. The molecule has 2 heterocycles. The number of nitriles is 2. The lowest BCUT2D eigenvalue weighted by Gasteiger charge is -2.31. The molecule has 3 aliphatic rings. The predicted molar refractivity (Wildman–Crippen MR) is 122 cm³/mol. The van der Waals surface area contributed by atoms with Gasteiger partial charge in [-0.15, -0.1) is 0 Å². The zero-order chi connectivity index (χ0) is 23.2. The van der Waals surface area contributed by atoms with E-state index in [0.717, 1.165) is 61.8 Å². The van der Waals surface area contributed by atoms with Crippen molar-refractivity contribution in [1.29, 1.82) is 10.5 Å². The number of primary amides is 1. The summed E-state index contributed by atoms with van der Waals surface area (Å²) in [5.41, 5.74) is 14.5. The molecule has 3 fully saturated rings. The molecule has 0 radical (unpaired) electrons. The van der Waals surface area contributed by atoms with Crippen LogP contribution < -0.4 is 16.4 Å². The van der Waals surface area contributed by atoms with Crippen LogP contribution in [-0.4, -0.2) is 35.0 Å². The summed E-state index contributed by atoms with van der Waals surface area (Å²) in [6.45, 7) is 1.49. The van der Waals surface area contributed by atoms with Gasteiger partial charge in [0.1, 0.15) is 0 Å². The number of hydrogen-bond acceptors (Lipinski definition) is 7. The highest BCUT2D eigenvalue weighted by Gasteiger charge is 2.48. The molecule has 8 nitrogen and oxygen atoms in total. The first kappa shape index (κ1) is 21.4. The Labute approximate surface area is 193 Å². The van der Waals surface area contributed by atoms with E-state index in [1.807, 2.05) is 23.1 Å². The van der Waals surface area contributed by atoms with Gasteiger partial charge in [0.2, 0.25) is 5.95 Å². The molecule has 0 unspecified atom stereocenters. The van der Waals surface area contributed by atoms with Crippen molar-refractivity contribution in [1.82, 2.24) is 9.97 Å². The average molecular weight is 442 g/mol. The Kier molecular flexibility index (Phi) is 5.07. The SMILES string of the molecule is N#CC1(c2cc(Cc3nc(N4CCC[C@H](N)C4)ncc3C(N)=O)cc(C3(C#N)CC3)c2)CC1. The third-order valence-corrected chi connectivity index (χ3v) is 7.26. The molecule has 2 saturated carbocycles. The molecule has 1 aliphatic heterocycles. The molecule has 5 rings (SSSR count). The average Bonchev–Trinajstić information content (AvgIpc) is 3.74. The molecule has 2 aromatic rings. The number of carbonyl (C=O) groups is 1. The zero-order valence-corrected chi connectivity index (χ0v) is 18.5. The lowest BCUT2D eigenvalue weighted by atomic mass is 9.87. The van der Waals surface area contributed by atoms with E-state index < -0.39 is 16.7 Å². The number of benzene rings is 1. The standard InChI is InChI=1S/C25H27N7O/c26-14-24(3-4-24)17-8-16(9-18(11-17)25(15-27)5-6-25)10-21-20(22(29)33)12-30-23(31-21)32-7-1-2-19(28)13-32/h8-9,11-12,19H,1-7,10,13,28H2,(H2,29,33)/t19-/m0/s1. The van der Waals surface area contributed by atoms with Gasteiger partial charge < -0.3 is 16.4 Å². The second-order valence-electron chi connectivity index (χ2n) is 9.73. The van der Waals surface area contributed by atoms with Gasteiger partial charge in [-0.2, -0.15) is 10.5 Å². The van der Waals surface area contributed by atoms with Crippen molar-refractivity contribution in [2.24, 2.45) is 11.5 Å². The molecule has 2 aliphatic carbocycles. The van der Waals surface area contributed by atoms with E-state index in [2.05, 4.69) is 17.1 Å². The number of piperidine rings is 1. The molecule has 33 heavy (non-hydrogen) atoms. The maximum absolute atomic E-state index is 12.1. The molecule has 0 bridgehead atoms. The van der Waals surface area contributed by atoms with Crippen LogP contribution in [0.3, 0.4) is 0 Å². The van der Waals surface area contributed by atoms with Gasteiger partial charge in [-0.3, -0.25) is 4.79 Å². The van der Waals surface area contributed by atoms with Crippen LogP contribution >= 0.6 is 0 Å². The van der Waals surface area contributed by atoms with Crippen molar-refractivity contribution in [2.45, 2.75) is 61.8 Å². The molecular formula is C25H27N7O. The van der Waals surface area contributed by atoms with Gasteiger partial charge in [-0.1, -0.05) is 18.2 Å². The third-order valence-electron chi connectivity index (χ3n) is 7.26. The van der Waals surface area contributed by atoms with Gasteiger partial charge in [0, 0.05) is 31.7 Å². The highest BCUT2D eigenvalue weighted by atomic mass is 16.1. The largest absolute Gasteiger partial charge is 0.365 e. The highest BCUT2D eigenvalue weighted by molar-refractivity contribution is 5.93. The van der Waals surface area contributed by atoms with Crippen molar-refractivity contribution >= 4 is 11.9 Å². The second kappa shape index (κ2) is 7.83. The highest BCUT2D eigenvalue weighted by Crippen LogP contribution is 2.52. The summed E-state index contributed by atoms with van der Waals surface area (Å²) in [4.78, 5) is 23.3. The smallest absolute Gasteiger partial charge is 0.252 e. The Morgan fingerprint density at radius 3 is 2.27 bits per heavy atom. The third kappa shape index (κ3) is 3.92. The Bertz CT molecular complexity index is 1150. The van der Waals surface area contributed by atoms with Crippen LogP contribution in [0.15, 0.2) is 24.4 Å². The molecule has 1 amide bonds. The molecule has 1 atom stereocenters. The molecule has 1 saturated heterocycles. The molecule has 4 N–H and O–H groups in total. The van der Waals surface area contributed by atoms with Crippen molar-refractivity contribution in [3.05, 3.63) is 52.3 Å². The monoisotopic (exact) mass is 441 g/mol. The Morgan fingerprint density at radius 2 is 1.76 bits per heavy atom. The predicted octanol–water partition coefficient (Wildman–Crippen LogP) is 2.20. The fraction of sp³-hybridized carbons (Fsp3) is 0.480. The zero-order valence-electron chi connectivity index (χ0n) is 18.5. The number of amides is 1. The number of hydrogen-bond donors (Lipinski definition) is 2. The van der Waals surface area contributed by atoms with Crippen LogP contribution in [-0.2, 0) is 17.3 Å². The van der Waals surface area contributed by atoms with E-state index in [1.165, 1.54) is 6.20 Å². The van der Waals surface area contributed by atoms with E-state index in [-0.39, 0.29) is 11.6 Å². The lowest BCUT2D eigenvalue weighted by molar-refractivity contribution is 0.0998. The van der Waals surface area contributed by atoms with Gasteiger partial charge in [-0.05, 0) is 55.2 Å². The van der Waals surface area contributed by atoms with E-state index in [1.54, 1.807) is 0 Å². The minimum Gasteiger partial charge on any atom is -0.365 e. The molecule has 1 aromatic heterocycles. The normalized spacial score (nSPS) is 22.2. The van der Waals surface area contributed by atoms with Crippen LogP contribution in [0.4, 0.5) is 5.95 Å². The number of rotatable bonds is 6. The number of nitrogens with two attached hydrogens (primary N) is 2. The summed E-state index contributed by atoms with van der Waals surface area (Å²) in [7, 11) is 0. The van der Waals surface area contributed by atoms with Gasteiger partial charge in [0.15, 0.2) is 0 Å². The maximum Gasteiger partial charge on any atom is 0.252 e. The first-order chi connectivity index (χ1) is 15.9. The topological polar surface area (TPSA) is 146 Å². The summed E-state index contributed by atoms with van der Waals surface area (Å²) in [5.74, 6) is -0.0254. The Hall–Kier alpha value is -3.49. The Morgan fingerprint density at radius 1 is 1.12 bits per heavy atom. The number of anilines is 1. The first-order valence-corrected chi connectivity index (χ1v) is 11.5. The van der Waals surface area contributed by atoms with E-state index in [4.69, 9.17) is 16.5 Å². The fourth-order valence-electron chi connectivity index (χ4n) is 4.81. The van der Waals surface area contributed by atoms with E-state index in [9.17, 15) is 15.3 Å². The lowest BCUT2D eigenvalue weighted by Crippen LogP contribution is -2.43. The van der Waals surface area contributed by atoms with Gasteiger partial charge >= 0.3 is 0 Å². The van der Waals surface area contributed by atoms with Crippen molar-refractivity contribution < 1.29 is 4.79 Å². The summed E-state index contributed by atoms with van der Waals surface area (Å²) in [6.07, 6.45) is 7.11. The molecule has 8 heteroatoms. The summed E-state index contributed by atoms with van der Waals surface area (Å²) >= 11 is 0. The molecular weight excluding hydrogens is 414 g/mol. The van der Waals surface area contributed by atoms with Crippen LogP contribution in [0.2, 0.25) is 0 Å². The second-order valence-corrected chi connectivity index (χ2v) is 9.73. The van der Waals surface area contributed by atoms with Crippen LogP contribution in [0, 0.1) is 22.7 Å². The molecule has 168 valence electrons. The summed E-state index contributed by atoms with van der Waals surface area (Å²) in [5, 5.41) is 19.5.